The van der Waals surface area contributed by atoms with Crippen LogP contribution in [0.15, 0.2) is 4.90 Å². The van der Waals surface area contributed by atoms with Crippen LogP contribution in [0.5, 0.6) is 0 Å². The first-order valence-electron chi connectivity index (χ1n) is 5.18. The van der Waals surface area contributed by atoms with Gasteiger partial charge in [0.1, 0.15) is 4.90 Å². The third-order valence-corrected chi connectivity index (χ3v) is 4.57. The minimum atomic E-state index is -3.57. The Morgan fingerprint density at radius 3 is 2.53 bits per heavy atom. The second kappa shape index (κ2) is 4.85. The number of aryl methyl sites for hydroxylation is 2. The average Bonchev–Trinajstić information content (AvgIpc) is 2.58. The zero-order valence-corrected chi connectivity index (χ0v) is 11.2. The average molecular weight is 256 g/mol. The zero-order chi connectivity index (χ0) is 13.2. The number of aromatic amines is 1. The smallest absolute Gasteiger partial charge is 0.246 e. The van der Waals surface area contributed by atoms with E-state index in [1.807, 2.05) is 6.07 Å². The molecular formula is C10H16N4O2S. The molecule has 1 atom stereocenters. The SMILES string of the molecule is Cc1n[nH]c(C)c1S(=O)(=O)N(C)CC(C)C#N. The molecule has 1 heterocycles. The van der Waals surface area contributed by atoms with Gasteiger partial charge in [0.25, 0.3) is 0 Å². The number of H-pyrrole nitrogens is 1. The number of hydrogen-bond donors (Lipinski definition) is 1. The van der Waals surface area contributed by atoms with Crippen LogP contribution in [0.4, 0.5) is 0 Å². The van der Waals surface area contributed by atoms with Crippen molar-refractivity contribution < 1.29 is 8.42 Å². The first-order valence-corrected chi connectivity index (χ1v) is 6.62. The number of rotatable bonds is 4. The summed E-state index contributed by atoms with van der Waals surface area (Å²) < 4.78 is 25.7. The van der Waals surface area contributed by atoms with Crippen LogP contribution in [0.25, 0.3) is 0 Å². The third-order valence-electron chi connectivity index (χ3n) is 2.48. The first kappa shape index (κ1) is 13.7. The predicted octanol–water partition coefficient (Wildman–Crippen LogP) is 0.807. The second-order valence-electron chi connectivity index (χ2n) is 4.08. The van der Waals surface area contributed by atoms with Crippen LogP contribution in [0.1, 0.15) is 18.3 Å². The maximum Gasteiger partial charge on any atom is 0.246 e. The fourth-order valence-corrected chi connectivity index (χ4v) is 3.18. The standard InChI is InChI=1S/C10H16N4O2S/c1-7(5-11)6-14(4)17(15,16)10-8(2)12-13-9(10)3/h7H,6H2,1-4H3,(H,12,13). The monoisotopic (exact) mass is 256 g/mol. The molecule has 0 radical (unpaired) electrons. The molecule has 0 aromatic carbocycles. The summed E-state index contributed by atoms with van der Waals surface area (Å²) in [6.45, 7) is 5.15. The van der Waals surface area contributed by atoms with Crippen molar-refractivity contribution in [2.45, 2.75) is 25.7 Å². The summed E-state index contributed by atoms with van der Waals surface area (Å²) in [4.78, 5) is 0.199. The van der Waals surface area contributed by atoms with E-state index in [4.69, 9.17) is 5.26 Å². The molecule has 17 heavy (non-hydrogen) atoms. The molecule has 6 nitrogen and oxygen atoms in total. The lowest BCUT2D eigenvalue weighted by Crippen LogP contribution is -2.31. The molecule has 0 aliphatic heterocycles. The van der Waals surface area contributed by atoms with E-state index in [-0.39, 0.29) is 17.4 Å². The molecule has 0 spiro atoms. The molecule has 1 aromatic heterocycles. The Hall–Kier alpha value is -1.39. The Bertz CT molecular complexity index is 522. The summed E-state index contributed by atoms with van der Waals surface area (Å²) in [7, 11) is -2.11. The Labute approximate surface area is 101 Å². The van der Waals surface area contributed by atoms with Gasteiger partial charge in [0, 0.05) is 13.6 Å². The van der Waals surface area contributed by atoms with Crippen molar-refractivity contribution >= 4 is 10.0 Å². The number of aromatic nitrogens is 2. The van der Waals surface area contributed by atoms with E-state index in [1.165, 1.54) is 11.4 Å². The lowest BCUT2D eigenvalue weighted by molar-refractivity contribution is 0.438. The van der Waals surface area contributed by atoms with Crippen molar-refractivity contribution in [1.29, 1.82) is 5.26 Å². The number of nitrogens with one attached hydrogen (secondary N) is 1. The molecule has 0 aliphatic rings. The van der Waals surface area contributed by atoms with Crippen molar-refractivity contribution in [3.63, 3.8) is 0 Å². The van der Waals surface area contributed by atoms with Crippen LogP contribution in [0.2, 0.25) is 0 Å². The van der Waals surface area contributed by atoms with Crippen LogP contribution >= 0.6 is 0 Å². The second-order valence-corrected chi connectivity index (χ2v) is 6.06. The van der Waals surface area contributed by atoms with Crippen LogP contribution in [-0.4, -0.2) is 36.5 Å². The molecule has 0 saturated carbocycles. The van der Waals surface area contributed by atoms with Crippen molar-refractivity contribution in [2.75, 3.05) is 13.6 Å². The van der Waals surface area contributed by atoms with Crippen LogP contribution in [0, 0.1) is 31.1 Å². The molecule has 94 valence electrons. The van der Waals surface area contributed by atoms with E-state index in [9.17, 15) is 8.42 Å². The fourth-order valence-electron chi connectivity index (χ4n) is 1.60. The topological polar surface area (TPSA) is 89.8 Å². The highest BCUT2D eigenvalue weighted by molar-refractivity contribution is 7.89. The summed E-state index contributed by atoms with van der Waals surface area (Å²) in [5, 5.41) is 15.2. The van der Waals surface area contributed by atoms with Crippen LogP contribution in [-0.2, 0) is 10.0 Å². The van der Waals surface area contributed by atoms with Crippen LogP contribution < -0.4 is 0 Å². The molecule has 0 aliphatic carbocycles. The van der Waals surface area contributed by atoms with E-state index >= 15 is 0 Å². The third kappa shape index (κ3) is 2.65. The van der Waals surface area contributed by atoms with E-state index in [0.29, 0.717) is 11.4 Å². The van der Waals surface area contributed by atoms with Gasteiger partial charge in [-0.05, 0) is 20.8 Å². The van der Waals surface area contributed by atoms with Crippen molar-refractivity contribution in [2.24, 2.45) is 5.92 Å². The van der Waals surface area contributed by atoms with Gasteiger partial charge in [0.05, 0.1) is 23.4 Å². The predicted molar refractivity (Wildman–Crippen MR) is 62.7 cm³/mol. The van der Waals surface area contributed by atoms with Gasteiger partial charge in [-0.25, -0.2) is 8.42 Å². The number of nitrogens with zero attached hydrogens (tertiary/aromatic N) is 3. The Balaban J connectivity index is 3.09. The summed E-state index contributed by atoms with van der Waals surface area (Å²) >= 11 is 0. The van der Waals surface area contributed by atoms with Gasteiger partial charge in [-0.15, -0.1) is 0 Å². The first-order chi connectivity index (χ1) is 7.80. The molecule has 0 saturated heterocycles. The molecular weight excluding hydrogens is 240 g/mol. The molecule has 1 aromatic rings. The summed E-state index contributed by atoms with van der Waals surface area (Å²) in [6, 6.07) is 2.01. The van der Waals surface area contributed by atoms with Crippen LogP contribution in [0.3, 0.4) is 0 Å². The maximum atomic E-state index is 12.2. The molecule has 0 amide bonds. The maximum absolute atomic E-state index is 12.2. The summed E-state index contributed by atoms with van der Waals surface area (Å²) in [6.07, 6.45) is 0. The van der Waals surface area contributed by atoms with Gasteiger partial charge >= 0.3 is 0 Å². The quantitative estimate of drug-likeness (QED) is 0.863. The minimum Gasteiger partial charge on any atom is -0.281 e. The highest BCUT2D eigenvalue weighted by Crippen LogP contribution is 2.21. The molecule has 0 fully saturated rings. The normalized spacial score (nSPS) is 13.6. The fraction of sp³-hybridized carbons (Fsp3) is 0.600. The molecule has 1 unspecified atom stereocenters. The van der Waals surface area contributed by atoms with Crippen molar-refractivity contribution in [1.82, 2.24) is 14.5 Å². The molecule has 7 heteroatoms. The van der Waals surface area contributed by atoms with E-state index in [1.54, 1.807) is 20.8 Å². The molecule has 1 N–H and O–H groups in total. The van der Waals surface area contributed by atoms with E-state index < -0.39 is 10.0 Å². The summed E-state index contributed by atoms with van der Waals surface area (Å²) in [5.74, 6) is -0.345. The Morgan fingerprint density at radius 1 is 1.53 bits per heavy atom. The number of nitriles is 1. The van der Waals surface area contributed by atoms with Gasteiger partial charge in [-0.1, -0.05) is 0 Å². The largest absolute Gasteiger partial charge is 0.281 e. The van der Waals surface area contributed by atoms with Gasteiger partial charge in [-0.3, -0.25) is 5.10 Å². The molecule has 1 rings (SSSR count). The number of hydrogen-bond acceptors (Lipinski definition) is 4. The Kier molecular flexibility index (Phi) is 3.91. The van der Waals surface area contributed by atoms with E-state index in [2.05, 4.69) is 10.2 Å². The lowest BCUT2D eigenvalue weighted by atomic mass is 10.2. The van der Waals surface area contributed by atoms with Gasteiger partial charge in [-0.2, -0.15) is 14.7 Å². The van der Waals surface area contributed by atoms with Crippen molar-refractivity contribution in [3.05, 3.63) is 11.4 Å². The Morgan fingerprint density at radius 2 is 2.12 bits per heavy atom. The number of sulfonamides is 1. The minimum absolute atomic E-state index is 0.170. The van der Waals surface area contributed by atoms with Gasteiger partial charge in [0.2, 0.25) is 10.0 Å². The zero-order valence-electron chi connectivity index (χ0n) is 10.4. The molecule has 0 bridgehead atoms. The highest BCUT2D eigenvalue weighted by atomic mass is 32.2. The van der Waals surface area contributed by atoms with Gasteiger partial charge < -0.3 is 0 Å². The van der Waals surface area contributed by atoms with Crippen molar-refractivity contribution in [3.8, 4) is 6.07 Å². The lowest BCUT2D eigenvalue weighted by Gasteiger charge is -2.18. The van der Waals surface area contributed by atoms with E-state index in [0.717, 1.165) is 0 Å². The summed E-state index contributed by atoms with van der Waals surface area (Å²) in [5.41, 5.74) is 0.956. The van der Waals surface area contributed by atoms with Gasteiger partial charge in [0.15, 0.2) is 0 Å². The highest BCUT2D eigenvalue weighted by Gasteiger charge is 2.27.